The van der Waals surface area contributed by atoms with Gasteiger partial charge < -0.3 is 10.6 Å². The number of halogens is 3. The maximum absolute atomic E-state index is 13.1. The zero-order chi connectivity index (χ0) is 27.7. The SMILES string of the molecule is Cc1ccc(NC(=O)c2cccc(C(F)(F)F)c2)cc1-n1c(C)c2cnc(Nc3cnccn3)nc2nc1=O. The smallest absolute Gasteiger partial charge is 0.322 e. The highest BCUT2D eigenvalue weighted by atomic mass is 19.4. The summed E-state index contributed by atoms with van der Waals surface area (Å²) in [6.07, 6.45) is 1.46. The van der Waals surface area contributed by atoms with E-state index in [2.05, 4.69) is 35.6 Å². The van der Waals surface area contributed by atoms with E-state index < -0.39 is 23.3 Å². The van der Waals surface area contributed by atoms with Crippen molar-refractivity contribution in [2.75, 3.05) is 10.6 Å². The van der Waals surface area contributed by atoms with E-state index in [0.29, 0.717) is 28.1 Å². The van der Waals surface area contributed by atoms with E-state index >= 15 is 0 Å². The molecular weight excluding hydrogens is 513 g/mol. The summed E-state index contributed by atoms with van der Waals surface area (Å²) in [6.45, 7) is 3.48. The summed E-state index contributed by atoms with van der Waals surface area (Å²) in [4.78, 5) is 46.6. The molecule has 0 aliphatic heterocycles. The van der Waals surface area contributed by atoms with Gasteiger partial charge in [0.05, 0.1) is 22.8 Å². The van der Waals surface area contributed by atoms with E-state index in [1.807, 2.05) is 0 Å². The van der Waals surface area contributed by atoms with Crippen LogP contribution in [-0.2, 0) is 6.18 Å². The Bertz CT molecular complexity index is 1770. The molecular formula is C26H19F3N8O2. The largest absolute Gasteiger partial charge is 0.416 e. The van der Waals surface area contributed by atoms with Crippen LogP contribution in [0.5, 0.6) is 0 Å². The molecule has 5 rings (SSSR count). The number of hydrogen-bond donors (Lipinski definition) is 2. The topological polar surface area (TPSA) is 128 Å². The summed E-state index contributed by atoms with van der Waals surface area (Å²) >= 11 is 0. The van der Waals surface area contributed by atoms with Crippen molar-refractivity contribution in [3.63, 3.8) is 0 Å². The molecule has 39 heavy (non-hydrogen) atoms. The fraction of sp³-hybridized carbons (Fsp3) is 0.115. The van der Waals surface area contributed by atoms with Gasteiger partial charge in [0.15, 0.2) is 11.5 Å². The van der Waals surface area contributed by atoms with E-state index in [-0.39, 0.29) is 22.8 Å². The van der Waals surface area contributed by atoms with Gasteiger partial charge in [-0.3, -0.25) is 14.3 Å². The average Bonchev–Trinajstić information content (AvgIpc) is 2.90. The molecule has 13 heteroatoms. The van der Waals surface area contributed by atoms with Crippen LogP contribution in [0.3, 0.4) is 0 Å². The van der Waals surface area contributed by atoms with Crippen LogP contribution < -0.4 is 16.3 Å². The van der Waals surface area contributed by atoms with Gasteiger partial charge in [-0.1, -0.05) is 12.1 Å². The van der Waals surface area contributed by atoms with Gasteiger partial charge in [-0.05, 0) is 49.7 Å². The molecule has 1 amide bonds. The zero-order valence-corrected chi connectivity index (χ0v) is 20.5. The number of aryl methyl sites for hydroxylation is 2. The van der Waals surface area contributed by atoms with Gasteiger partial charge >= 0.3 is 11.9 Å². The van der Waals surface area contributed by atoms with Crippen molar-refractivity contribution in [2.24, 2.45) is 0 Å². The van der Waals surface area contributed by atoms with Crippen LogP contribution >= 0.6 is 0 Å². The summed E-state index contributed by atoms with van der Waals surface area (Å²) in [5, 5.41) is 6.00. The highest BCUT2D eigenvalue weighted by Crippen LogP contribution is 2.30. The van der Waals surface area contributed by atoms with Crippen molar-refractivity contribution in [1.29, 1.82) is 0 Å². The van der Waals surface area contributed by atoms with Gasteiger partial charge in [0.1, 0.15) is 0 Å². The van der Waals surface area contributed by atoms with Crippen LogP contribution in [0.1, 0.15) is 27.2 Å². The molecule has 0 fully saturated rings. The minimum absolute atomic E-state index is 0.157. The van der Waals surface area contributed by atoms with E-state index in [0.717, 1.165) is 18.2 Å². The highest BCUT2D eigenvalue weighted by Gasteiger charge is 2.31. The van der Waals surface area contributed by atoms with Crippen LogP contribution in [0.25, 0.3) is 16.7 Å². The Morgan fingerprint density at radius 1 is 0.974 bits per heavy atom. The predicted molar refractivity (Wildman–Crippen MR) is 137 cm³/mol. The average molecular weight is 532 g/mol. The van der Waals surface area contributed by atoms with Gasteiger partial charge in [0, 0.05) is 35.5 Å². The number of carbonyl (C=O) groups is 1. The second-order valence-electron chi connectivity index (χ2n) is 8.50. The summed E-state index contributed by atoms with van der Waals surface area (Å²) in [7, 11) is 0. The Kier molecular flexibility index (Phi) is 6.48. The standard InChI is InChI=1S/C26H19F3N8O2/c1-14-6-7-18(33-23(38)16-4-3-5-17(10-16)26(27,28)29)11-20(14)37-15(2)19-12-32-24(35-22(19)36-25(37)39)34-21-13-30-8-9-31-21/h3-13H,1-2H3,(H,33,38)(H,31,34,35,36,39). The number of rotatable bonds is 5. The number of hydrogen-bond acceptors (Lipinski definition) is 8. The van der Waals surface area contributed by atoms with Crippen LogP contribution in [0.2, 0.25) is 0 Å². The van der Waals surface area contributed by atoms with Gasteiger partial charge in [-0.15, -0.1) is 0 Å². The zero-order valence-electron chi connectivity index (χ0n) is 20.5. The lowest BCUT2D eigenvalue weighted by molar-refractivity contribution is -0.137. The van der Waals surface area contributed by atoms with E-state index in [1.54, 1.807) is 32.0 Å². The quantitative estimate of drug-likeness (QED) is 0.336. The summed E-state index contributed by atoms with van der Waals surface area (Å²) in [6, 6.07) is 8.94. The summed E-state index contributed by atoms with van der Waals surface area (Å²) in [5.74, 6) is -0.128. The molecule has 10 nitrogen and oxygen atoms in total. The predicted octanol–water partition coefficient (Wildman–Crippen LogP) is 4.60. The number of alkyl halides is 3. The van der Waals surface area contributed by atoms with E-state index in [1.165, 1.54) is 35.4 Å². The third-order valence-corrected chi connectivity index (χ3v) is 5.85. The van der Waals surface area contributed by atoms with Crippen molar-refractivity contribution in [3.8, 4) is 5.69 Å². The summed E-state index contributed by atoms with van der Waals surface area (Å²) in [5.41, 5.74) is 0.369. The molecule has 2 aromatic carbocycles. The van der Waals surface area contributed by atoms with Crippen molar-refractivity contribution in [2.45, 2.75) is 20.0 Å². The number of benzene rings is 2. The fourth-order valence-electron chi connectivity index (χ4n) is 3.91. The Labute approximate surface area is 218 Å². The number of carbonyl (C=O) groups excluding carboxylic acids is 1. The van der Waals surface area contributed by atoms with Gasteiger partial charge in [-0.25, -0.2) is 14.8 Å². The molecule has 0 aliphatic rings. The van der Waals surface area contributed by atoms with Crippen molar-refractivity contribution < 1.29 is 18.0 Å². The molecule has 0 spiro atoms. The van der Waals surface area contributed by atoms with Crippen molar-refractivity contribution in [3.05, 3.63) is 100 Å². The van der Waals surface area contributed by atoms with Crippen LogP contribution in [-0.4, -0.2) is 35.4 Å². The van der Waals surface area contributed by atoms with Gasteiger partial charge in [-0.2, -0.15) is 23.1 Å². The molecule has 0 unspecified atom stereocenters. The van der Waals surface area contributed by atoms with Crippen LogP contribution in [0, 0.1) is 13.8 Å². The number of nitrogens with zero attached hydrogens (tertiary/aromatic N) is 6. The third kappa shape index (κ3) is 5.28. The maximum Gasteiger partial charge on any atom is 0.416 e. The van der Waals surface area contributed by atoms with Crippen LogP contribution in [0.4, 0.5) is 30.6 Å². The minimum atomic E-state index is -4.58. The minimum Gasteiger partial charge on any atom is -0.322 e. The fourth-order valence-corrected chi connectivity index (χ4v) is 3.91. The number of nitrogens with one attached hydrogen (secondary N) is 2. The molecule has 0 radical (unpaired) electrons. The molecule has 3 heterocycles. The third-order valence-electron chi connectivity index (χ3n) is 5.85. The number of aromatic nitrogens is 6. The maximum atomic E-state index is 13.1. The molecule has 0 bridgehead atoms. The molecule has 2 N–H and O–H groups in total. The van der Waals surface area contributed by atoms with Crippen molar-refractivity contribution in [1.82, 2.24) is 29.5 Å². The number of fused-ring (bicyclic) bond motifs is 1. The monoisotopic (exact) mass is 532 g/mol. The number of anilines is 3. The normalized spacial score (nSPS) is 11.4. The molecule has 0 saturated heterocycles. The molecule has 0 atom stereocenters. The first-order valence-corrected chi connectivity index (χ1v) is 11.5. The first kappa shape index (κ1) is 25.4. The lowest BCUT2D eigenvalue weighted by atomic mass is 10.1. The molecule has 196 valence electrons. The summed E-state index contributed by atoms with van der Waals surface area (Å²) < 4.78 is 40.5. The lowest BCUT2D eigenvalue weighted by Crippen LogP contribution is -2.25. The van der Waals surface area contributed by atoms with E-state index in [4.69, 9.17) is 0 Å². The Morgan fingerprint density at radius 2 is 1.79 bits per heavy atom. The Morgan fingerprint density at radius 3 is 2.54 bits per heavy atom. The Balaban J connectivity index is 1.48. The highest BCUT2D eigenvalue weighted by molar-refractivity contribution is 6.04. The molecule has 0 aliphatic carbocycles. The van der Waals surface area contributed by atoms with Crippen molar-refractivity contribution >= 4 is 34.4 Å². The van der Waals surface area contributed by atoms with Gasteiger partial charge in [0.2, 0.25) is 5.95 Å². The van der Waals surface area contributed by atoms with E-state index in [9.17, 15) is 22.8 Å². The lowest BCUT2D eigenvalue weighted by Gasteiger charge is -2.16. The van der Waals surface area contributed by atoms with Crippen LogP contribution in [0.15, 0.2) is 72.0 Å². The second kappa shape index (κ2) is 9.93. The Hall–Kier alpha value is -5.20. The molecule has 5 aromatic rings. The second-order valence-corrected chi connectivity index (χ2v) is 8.50. The number of amides is 1. The molecule has 0 saturated carbocycles. The first-order valence-electron chi connectivity index (χ1n) is 11.5. The first-order chi connectivity index (χ1) is 18.6. The van der Waals surface area contributed by atoms with Gasteiger partial charge in [0.25, 0.3) is 5.91 Å². The molecule has 3 aromatic heterocycles.